The summed E-state index contributed by atoms with van der Waals surface area (Å²) in [5.74, 6) is 1.66. The maximum atomic E-state index is 13.0. The monoisotopic (exact) mass is 445 g/mol. The predicted octanol–water partition coefficient (Wildman–Crippen LogP) is 3.84. The van der Waals surface area contributed by atoms with Gasteiger partial charge in [-0.15, -0.1) is 0 Å². The van der Waals surface area contributed by atoms with Gasteiger partial charge in [-0.25, -0.2) is 0 Å². The normalized spacial score (nSPS) is 16.1. The van der Waals surface area contributed by atoms with E-state index in [2.05, 4.69) is 32.5 Å². The molecule has 0 radical (unpaired) electrons. The maximum Gasteiger partial charge on any atom is 0.254 e. The molecule has 1 N–H and O–H groups in total. The lowest BCUT2D eigenvalue weighted by Crippen LogP contribution is -2.48. The Morgan fingerprint density at radius 2 is 1.76 bits per heavy atom. The lowest BCUT2D eigenvalue weighted by molar-refractivity contribution is -0.114. The highest BCUT2D eigenvalue weighted by Gasteiger charge is 2.30. The second kappa shape index (κ2) is 8.69. The van der Waals surface area contributed by atoms with Crippen LogP contribution >= 0.6 is 0 Å². The number of hydrogen-bond donors (Lipinski definition) is 1. The quantitative estimate of drug-likeness (QED) is 0.642. The number of piperazine rings is 1. The SMILES string of the molecule is CC(=O)Nc1cc(C(=O)N2CCN(c3ccc(-c4noc(C5CC5)n4)cc3)CC2)ccc1C. The summed E-state index contributed by atoms with van der Waals surface area (Å²) in [4.78, 5) is 33.1. The maximum absolute atomic E-state index is 13.0. The van der Waals surface area contributed by atoms with E-state index in [0.717, 1.165) is 48.6 Å². The van der Waals surface area contributed by atoms with Crippen LogP contribution < -0.4 is 10.2 Å². The summed E-state index contributed by atoms with van der Waals surface area (Å²) < 4.78 is 5.36. The Labute approximate surface area is 192 Å². The number of carbonyl (C=O) groups is 2. The van der Waals surface area contributed by atoms with Gasteiger partial charge >= 0.3 is 0 Å². The second-order valence-electron chi connectivity index (χ2n) is 8.77. The molecule has 0 atom stereocenters. The molecule has 0 bridgehead atoms. The number of rotatable bonds is 5. The van der Waals surface area contributed by atoms with Gasteiger partial charge in [-0.3, -0.25) is 9.59 Å². The lowest BCUT2D eigenvalue weighted by Gasteiger charge is -2.36. The number of anilines is 2. The summed E-state index contributed by atoms with van der Waals surface area (Å²) in [6.45, 7) is 6.16. The van der Waals surface area contributed by atoms with Crippen molar-refractivity contribution >= 4 is 23.2 Å². The molecule has 2 amide bonds. The first kappa shape index (κ1) is 21.2. The summed E-state index contributed by atoms with van der Waals surface area (Å²) >= 11 is 0. The molecule has 2 fully saturated rings. The zero-order chi connectivity index (χ0) is 22.9. The van der Waals surface area contributed by atoms with Crippen molar-refractivity contribution in [1.82, 2.24) is 15.0 Å². The van der Waals surface area contributed by atoms with Gasteiger partial charge in [-0.1, -0.05) is 11.2 Å². The zero-order valence-electron chi connectivity index (χ0n) is 18.9. The summed E-state index contributed by atoms with van der Waals surface area (Å²) in [5.41, 5.74) is 4.25. The smallest absolute Gasteiger partial charge is 0.254 e. The Kier molecular flexibility index (Phi) is 5.58. The third-order valence-electron chi connectivity index (χ3n) is 6.22. The van der Waals surface area contributed by atoms with Crippen LogP contribution in [0.2, 0.25) is 0 Å². The molecule has 0 spiro atoms. The predicted molar refractivity (Wildman–Crippen MR) is 125 cm³/mol. The molecule has 170 valence electrons. The average molecular weight is 446 g/mol. The molecule has 1 saturated carbocycles. The van der Waals surface area contributed by atoms with E-state index in [1.54, 1.807) is 6.07 Å². The average Bonchev–Trinajstić information content (AvgIpc) is 3.56. The van der Waals surface area contributed by atoms with Gasteiger partial charge in [0.25, 0.3) is 5.91 Å². The molecule has 1 aliphatic heterocycles. The second-order valence-corrected chi connectivity index (χ2v) is 8.77. The van der Waals surface area contributed by atoms with E-state index in [1.807, 2.05) is 36.1 Å². The first-order chi connectivity index (χ1) is 16.0. The molecule has 0 unspecified atom stereocenters. The van der Waals surface area contributed by atoms with Crippen molar-refractivity contribution in [2.45, 2.75) is 32.6 Å². The van der Waals surface area contributed by atoms with E-state index in [9.17, 15) is 9.59 Å². The van der Waals surface area contributed by atoms with Crippen LogP contribution in [0.4, 0.5) is 11.4 Å². The number of aryl methyl sites for hydroxylation is 1. The molecule has 2 aliphatic rings. The molecular formula is C25H27N5O3. The van der Waals surface area contributed by atoms with Gasteiger partial charge in [0.2, 0.25) is 17.6 Å². The Balaban J connectivity index is 1.21. The fraction of sp³-hybridized carbons (Fsp3) is 0.360. The topological polar surface area (TPSA) is 91.6 Å². The van der Waals surface area contributed by atoms with E-state index in [0.29, 0.717) is 36.1 Å². The third-order valence-corrected chi connectivity index (χ3v) is 6.22. The van der Waals surface area contributed by atoms with Gasteiger partial charge in [0, 0.05) is 61.5 Å². The Morgan fingerprint density at radius 3 is 2.42 bits per heavy atom. The highest BCUT2D eigenvalue weighted by Crippen LogP contribution is 2.39. The summed E-state index contributed by atoms with van der Waals surface area (Å²) in [7, 11) is 0. The van der Waals surface area contributed by atoms with Gasteiger partial charge in [0.15, 0.2) is 0 Å². The van der Waals surface area contributed by atoms with Gasteiger partial charge in [0.1, 0.15) is 0 Å². The van der Waals surface area contributed by atoms with Crippen LogP contribution in [0.25, 0.3) is 11.4 Å². The molecule has 3 aromatic rings. The molecule has 1 aliphatic carbocycles. The van der Waals surface area contributed by atoms with Crippen LogP contribution in [0.15, 0.2) is 47.0 Å². The fourth-order valence-corrected chi connectivity index (χ4v) is 4.10. The number of aromatic nitrogens is 2. The number of carbonyl (C=O) groups excluding carboxylic acids is 2. The van der Waals surface area contributed by atoms with E-state index < -0.39 is 0 Å². The first-order valence-electron chi connectivity index (χ1n) is 11.3. The molecular weight excluding hydrogens is 418 g/mol. The van der Waals surface area contributed by atoms with E-state index >= 15 is 0 Å². The fourth-order valence-electron chi connectivity index (χ4n) is 4.10. The van der Waals surface area contributed by atoms with E-state index in [1.165, 1.54) is 6.92 Å². The lowest BCUT2D eigenvalue weighted by atomic mass is 10.1. The zero-order valence-corrected chi connectivity index (χ0v) is 18.9. The van der Waals surface area contributed by atoms with Gasteiger partial charge in [-0.2, -0.15) is 4.98 Å². The number of nitrogens with one attached hydrogen (secondary N) is 1. The van der Waals surface area contributed by atoms with Crippen molar-refractivity contribution in [1.29, 1.82) is 0 Å². The van der Waals surface area contributed by atoms with Crippen molar-refractivity contribution in [2.75, 3.05) is 36.4 Å². The molecule has 5 rings (SSSR count). The molecule has 8 nitrogen and oxygen atoms in total. The third kappa shape index (κ3) is 4.60. The van der Waals surface area contributed by atoms with Crippen molar-refractivity contribution in [3.63, 3.8) is 0 Å². The standard InChI is InChI=1S/C25H27N5O3/c1-16-3-4-20(15-22(16)26-17(2)31)25(32)30-13-11-29(12-14-30)21-9-7-18(8-10-21)23-27-24(33-28-23)19-5-6-19/h3-4,7-10,15,19H,5-6,11-14H2,1-2H3,(H,26,31). The van der Waals surface area contributed by atoms with Crippen LogP contribution in [-0.2, 0) is 4.79 Å². The molecule has 2 heterocycles. The van der Waals surface area contributed by atoms with Crippen molar-refractivity contribution in [2.24, 2.45) is 0 Å². The summed E-state index contributed by atoms with van der Waals surface area (Å²) in [6.07, 6.45) is 2.27. The largest absolute Gasteiger partial charge is 0.368 e. The number of nitrogens with zero attached hydrogens (tertiary/aromatic N) is 4. The van der Waals surface area contributed by atoms with E-state index in [4.69, 9.17) is 4.52 Å². The Hall–Kier alpha value is -3.68. The van der Waals surface area contributed by atoms with Crippen molar-refractivity contribution in [3.8, 4) is 11.4 Å². The number of hydrogen-bond acceptors (Lipinski definition) is 6. The molecule has 1 saturated heterocycles. The Morgan fingerprint density at radius 1 is 1.03 bits per heavy atom. The summed E-state index contributed by atoms with van der Waals surface area (Å²) in [6, 6.07) is 13.6. The first-order valence-corrected chi connectivity index (χ1v) is 11.3. The highest BCUT2D eigenvalue weighted by atomic mass is 16.5. The van der Waals surface area contributed by atoms with Crippen LogP contribution in [0.3, 0.4) is 0 Å². The van der Waals surface area contributed by atoms with Crippen LogP contribution in [-0.4, -0.2) is 53.0 Å². The minimum atomic E-state index is -0.148. The minimum Gasteiger partial charge on any atom is -0.368 e. The number of amides is 2. The highest BCUT2D eigenvalue weighted by molar-refractivity contribution is 5.97. The Bertz CT molecular complexity index is 1180. The van der Waals surface area contributed by atoms with Crippen molar-refractivity contribution in [3.05, 3.63) is 59.5 Å². The van der Waals surface area contributed by atoms with Crippen LogP contribution in [0.1, 0.15) is 47.5 Å². The van der Waals surface area contributed by atoms with Crippen LogP contribution in [0.5, 0.6) is 0 Å². The van der Waals surface area contributed by atoms with Gasteiger partial charge < -0.3 is 19.6 Å². The van der Waals surface area contributed by atoms with Gasteiger partial charge in [0.05, 0.1) is 0 Å². The molecule has 33 heavy (non-hydrogen) atoms. The van der Waals surface area contributed by atoms with Crippen molar-refractivity contribution < 1.29 is 14.1 Å². The number of benzene rings is 2. The van der Waals surface area contributed by atoms with Gasteiger partial charge in [-0.05, 0) is 61.7 Å². The van der Waals surface area contributed by atoms with E-state index in [-0.39, 0.29) is 11.8 Å². The van der Waals surface area contributed by atoms with Crippen LogP contribution in [0, 0.1) is 6.92 Å². The molecule has 1 aromatic heterocycles. The minimum absolute atomic E-state index is 0.0137. The molecule has 2 aromatic carbocycles. The molecule has 8 heteroatoms. The summed E-state index contributed by atoms with van der Waals surface area (Å²) in [5, 5.41) is 6.90.